The summed E-state index contributed by atoms with van der Waals surface area (Å²) >= 11 is 0. The molecule has 1 saturated carbocycles. The van der Waals surface area contributed by atoms with Gasteiger partial charge in [0.25, 0.3) is 0 Å². The van der Waals surface area contributed by atoms with Crippen molar-refractivity contribution in [3.63, 3.8) is 0 Å². The van der Waals surface area contributed by atoms with Gasteiger partial charge in [-0.1, -0.05) is 32.3 Å². The van der Waals surface area contributed by atoms with Crippen molar-refractivity contribution >= 4 is 0 Å². The summed E-state index contributed by atoms with van der Waals surface area (Å²) in [6.45, 7) is 3.83. The van der Waals surface area contributed by atoms with Gasteiger partial charge >= 0.3 is 0 Å². The van der Waals surface area contributed by atoms with E-state index in [1.807, 2.05) is 0 Å². The van der Waals surface area contributed by atoms with Gasteiger partial charge in [-0.2, -0.15) is 0 Å². The van der Waals surface area contributed by atoms with E-state index in [4.69, 9.17) is 5.11 Å². The Labute approximate surface area is 80.3 Å². The Morgan fingerprint density at radius 1 is 1.15 bits per heavy atom. The molecule has 0 aliphatic heterocycles. The summed E-state index contributed by atoms with van der Waals surface area (Å²) in [6, 6.07) is 0. The van der Waals surface area contributed by atoms with Crippen molar-refractivity contribution in [3.8, 4) is 0 Å². The second kappa shape index (κ2) is 5.40. The number of aliphatic hydroxyl groups excluding tert-OH is 2. The van der Waals surface area contributed by atoms with Gasteiger partial charge in [0.15, 0.2) is 0 Å². The molecule has 1 rings (SSSR count). The van der Waals surface area contributed by atoms with E-state index in [0.717, 1.165) is 31.3 Å². The van der Waals surface area contributed by atoms with Crippen molar-refractivity contribution < 1.29 is 10.2 Å². The monoisotopic (exact) mass is 184 g/mol. The molecule has 0 heterocycles. The van der Waals surface area contributed by atoms with Crippen LogP contribution < -0.4 is 0 Å². The van der Waals surface area contributed by atoms with Gasteiger partial charge in [-0.3, -0.25) is 0 Å². The van der Waals surface area contributed by atoms with Crippen molar-refractivity contribution in [2.24, 2.45) is 5.92 Å². The van der Waals surface area contributed by atoms with Crippen LogP contribution in [0.1, 0.15) is 38.5 Å². The molecule has 1 aliphatic carbocycles. The molecular formula is C11H20O2. The molecule has 0 aromatic heterocycles. The largest absolute Gasteiger partial charge is 0.393 e. The first-order valence-corrected chi connectivity index (χ1v) is 5.22. The molecule has 2 N–H and O–H groups in total. The Morgan fingerprint density at radius 2 is 1.77 bits per heavy atom. The zero-order chi connectivity index (χ0) is 9.68. The van der Waals surface area contributed by atoms with Crippen LogP contribution in [0.25, 0.3) is 0 Å². The molecule has 76 valence electrons. The Morgan fingerprint density at radius 3 is 2.38 bits per heavy atom. The predicted molar refractivity (Wildman–Crippen MR) is 53.4 cm³/mol. The highest BCUT2D eigenvalue weighted by Gasteiger charge is 2.22. The van der Waals surface area contributed by atoms with Crippen molar-refractivity contribution in [1.29, 1.82) is 0 Å². The van der Waals surface area contributed by atoms with Crippen molar-refractivity contribution in [2.75, 3.05) is 6.61 Å². The van der Waals surface area contributed by atoms with Gasteiger partial charge in [-0.05, 0) is 18.4 Å². The normalized spacial score (nSPS) is 30.6. The Balaban J connectivity index is 2.50. The van der Waals surface area contributed by atoms with Crippen molar-refractivity contribution in [3.05, 3.63) is 12.2 Å². The van der Waals surface area contributed by atoms with Crippen molar-refractivity contribution in [2.45, 2.75) is 44.6 Å². The SMILES string of the molecule is C=C(CO)C1CCCCCCC1O. The van der Waals surface area contributed by atoms with E-state index in [2.05, 4.69) is 6.58 Å². The Hall–Kier alpha value is -0.340. The van der Waals surface area contributed by atoms with E-state index >= 15 is 0 Å². The first-order valence-electron chi connectivity index (χ1n) is 5.22. The van der Waals surface area contributed by atoms with Gasteiger partial charge in [0.1, 0.15) is 0 Å². The molecule has 2 atom stereocenters. The van der Waals surface area contributed by atoms with Crippen LogP contribution in [-0.4, -0.2) is 22.9 Å². The minimum absolute atomic E-state index is 0.0156. The van der Waals surface area contributed by atoms with Gasteiger partial charge < -0.3 is 10.2 Å². The zero-order valence-electron chi connectivity index (χ0n) is 8.21. The second-order valence-corrected chi connectivity index (χ2v) is 3.98. The molecule has 1 aliphatic rings. The smallest absolute Gasteiger partial charge is 0.0642 e. The summed E-state index contributed by atoms with van der Waals surface area (Å²) in [5.74, 6) is 0.130. The van der Waals surface area contributed by atoms with Crippen LogP contribution in [-0.2, 0) is 0 Å². The lowest BCUT2D eigenvalue weighted by molar-refractivity contribution is 0.0946. The molecule has 0 aromatic carbocycles. The Bertz CT molecular complexity index is 165. The summed E-state index contributed by atoms with van der Waals surface area (Å²) < 4.78 is 0. The molecule has 0 amide bonds. The first-order chi connectivity index (χ1) is 6.25. The fourth-order valence-electron chi connectivity index (χ4n) is 2.06. The first kappa shape index (κ1) is 10.7. The van der Waals surface area contributed by atoms with E-state index in [1.54, 1.807) is 0 Å². The summed E-state index contributed by atoms with van der Waals surface area (Å²) in [4.78, 5) is 0. The van der Waals surface area contributed by atoms with E-state index in [1.165, 1.54) is 12.8 Å². The average Bonchev–Trinajstić information content (AvgIpc) is 2.11. The minimum atomic E-state index is -0.278. The lowest BCUT2D eigenvalue weighted by Gasteiger charge is -2.26. The molecule has 1 fully saturated rings. The molecular weight excluding hydrogens is 164 g/mol. The standard InChI is InChI=1S/C11H20O2/c1-9(8-12)10-6-4-2-3-5-7-11(10)13/h10-13H,1-8H2. The molecule has 0 saturated heterocycles. The van der Waals surface area contributed by atoms with Crippen LogP contribution in [0, 0.1) is 5.92 Å². The fourth-order valence-corrected chi connectivity index (χ4v) is 2.06. The predicted octanol–water partition coefficient (Wildman–Crippen LogP) is 1.87. The molecule has 2 nitrogen and oxygen atoms in total. The maximum Gasteiger partial charge on any atom is 0.0642 e. The third-order valence-corrected chi connectivity index (χ3v) is 2.96. The van der Waals surface area contributed by atoms with E-state index in [0.29, 0.717) is 0 Å². The second-order valence-electron chi connectivity index (χ2n) is 3.98. The van der Waals surface area contributed by atoms with Crippen LogP contribution in [0.4, 0.5) is 0 Å². The molecule has 2 unspecified atom stereocenters. The van der Waals surface area contributed by atoms with Gasteiger partial charge in [0, 0.05) is 5.92 Å². The molecule has 0 bridgehead atoms. The van der Waals surface area contributed by atoms with Crippen LogP contribution in [0.2, 0.25) is 0 Å². The molecule has 0 aromatic rings. The lowest BCUT2D eigenvalue weighted by atomic mass is 9.84. The van der Waals surface area contributed by atoms with Crippen LogP contribution >= 0.6 is 0 Å². The third-order valence-electron chi connectivity index (χ3n) is 2.96. The number of hydrogen-bond donors (Lipinski definition) is 2. The topological polar surface area (TPSA) is 40.5 Å². The average molecular weight is 184 g/mol. The van der Waals surface area contributed by atoms with E-state index < -0.39 is 0 Å². The van der Waals surface area contributed by atoms with Gasteiger partial charge in [-0.15, -0.1) is 0 Å². The summed E-state index contributed by atoms with van der Waals surface area (Å²) in [6.07, 6.45) is 6.32. The van der Waals surface area contributed by atoms with Crippen molar-refractivity contribution in [1.82, 2.24) is 0 Å². The molecule has 13 heavy (non-hydrogen) atoms. The maximum atomic E-state index is 9.80. The minimum Gasteiger partial charge on any atom is -0.393 e. The number of aliphatic hydroxyl groups is 2. The zero-order valence-corrected chi connectivity index (χ0v) is 8.21. The number of hydrogen-bond acceptors (Lipinski definition) is 2. The van der Waals surface area contributed by atoms with Crippen LogP contribution in [0.5, 0.6) is 0 Å². The lowest BCUT2D eigenvalue weighted by Crippen LogP contribution is -2.24. The van der Waals surface area contributed by atoms with Gasteiger partial charge in [-0.25, -0.2) is 0 Å². The highest BCUT2D eigenvalue weighted by molar-refractivity contribution is 5.03. The quantitative estimate of drug-likeness (QED) is 0.643. The number of rotatable bonds is 2. The van der Waals surface area contributed by atoms with Crippen LogP contribution in [0.15, 0.2) is 12.2 Å². The highest BCUT2D eigenvalue weighted by Crippen LogP contribution is 2.27. The van der Waals surface area contributed by atoms with E-state index in [9.17, 15) is 5.11 Å². The maximum absolute atomic E-state index is 9.80. The highest BCUT2D eigenvalue weighted by atomic mass is 16.3. The summed E-state index contributed by atoms with van der Waals surface area (Å²) in [5.41, 5.74) is 0.800. The molecule has 2 heteroatoms. The molecule has 0 radical (unpaired) electrons. The molecule has 0 spiro atoms. The Kier molecular flexibility index (Phi) is 4.46. The van der Waals surface area contributed by atoms with Crippen LogP contribution in [0.3, 0.4) is 0 Å². The van der Waals surface area contributed by atoms with E-state index in [-0.39, 0.29) is 18.6 Å². The van der Waals surface area contributed by atoms with Gasteiger partial charge in [0.05, 0.1) is 12.7 Å². The summed E-state index contributed by atoms with van der Waals surface area (Å²) in [5, 5.41) is 18.8. The fraction of sp³-hybridized carbons (Fsp3) is 0.818. The third kappa shape index (κ3) is 3.12. The van der Waals surface area contributed by atoms with Gasteiger partial charge in [0.2, 0.25) is 0 Å². The summed E-state index contributed by atoms with van der Waals surface area (Å²) in [7, 11) is 0.